The van der Waals surface area contributed by atoms with Crippen molar-refractivity contribution in [3.05, 3.63) is 94.7 Å². The Hall–Kier alpha value is -3.50. The van der Waals surface area contributed by atoms with E-state index in [2.05, 4.69) is 10.3 Å². The van der Waals surface area contributed by atoms with Crippen LogP contribution in [0.5, 0.6) is 0 Å². The Labute approximate surface area is 165 Å². The molecule has 0 spiro atoms. The van der Waals surface area contributed by atoms with Crippen LogP contribution in [-0.4, -0.2) is 16.6 Å². The van der Waals surface area contributed by atoms with Crippen LogP contribution < -0.4 is 5.32 Å². The number of Topliss-reactive ketones (excluding diaryl/α,β-unsaturated/α-hetero) is 2. The fraction of sp³-hybridized carbons (Fsp3) is 0. The molecule has 0 unspecified atom stereocenters. The van der Waals surface area contributed by atoms with E-state index in [-0.39, 0.29) is 22.3 Å². The molecule has 1 aliphatic carbocycles. The quantitative estimate of drug-likeness (QED) is 0.474. The summed E-state index contributed by atoms with van der Waals surface area (Å²) >= 11 is 6.34. The molecule has 0 radical (unpaired) electrons. The molecule has 3 aromatic carbocycles. The maximum Gasteiger partial charge on any atom is 0.211 e. The summed E-state index contributed by atoms with van der Waals surface area (Å²) in [5.74, 6) is -0.660. The highest BCUT2D eigenvalue weighted by molar-refractivity contribution is 6.50. The molecule has 1 N–H and O–H groups in total. The third-order valence-corrected chi connectivity index (χ3v) is 5.26. The first-order valence-corrected chi connectivity index (χ1v) is 9.15. The van der Waals surface area contributed by atoms with Crippen molar-refractivity contribution in [1.82, 2.24) is 4.98 Å². The van der Waals surface area contributed by atoms with E-state index in [0.29, 0.717) is 16.8 Å². The van der Waals surface area contributed by atoms with E-state index in [9.17, 15) is 9.59 Å². The van der Waals surface area contributed by atoms with Crippen LogP contribution in [0.1, 0.15) is 20.7 Å². The number of allylic oxidation sites excluding steroid dienone is 2. The maximum atomic E-state index is 13.1. The number of halogens is 1. The number of rotatable bonds is 2. The minimum Gasteiger partial charge on any atom is -0.350 e. The number of benzene rings is 3. The van der Waals surface area contributed by atoms with Gasteiger partial charge in [-0.15, -0.1) is 0 Å². The first kappa shape index (κ1) is 16.7. The fourth-order valence-electron chi connectivity index (χ4n) is 3.56. The predicted octanol–water partition coefficient (Wildman–Crippen LogP) is 5.33. The summed E-state index contributed by atoms with van der Waals surface area (Å²) in [4.78, 5) is 30.5. The molecule has 134 valence electrons. The van der Waals surface area contributed by atoms with Crippen molar-refractivity contribution in [2.45, 2.75) is 0 Å². The summed E-state index contributed by atoms with van der Waals surface area (Å²) in [5, 5.41) is 4.76. The highest BCUT2D eigenvalue weighted by Crippen LogP contribution is 2.35. The summed E-state index contributed by atoms with van der Waals surface area (Å²) in [6.07, 6.45) is 0. The number of aromatic nitrogens is 1. The molecular formula is C23H13ClN2O2. The summed E-state index contributed by atoms with van der Waals surface area (Å²) in [7, 11) is 0. The molecule has 1 aliphatic rings. The number of pyridine rings is 1. The molecule has 0 saturated heterocycles. The van der Waals surface area contributed by atoms with Crippen molar-refractivity contribution in [3.8, 4) is 0 Å². The minimum atomic E-state index is -0.359. The Bertz CT molecular complexity index is 1290. The van der Waals surface area contributed by atoms with Gasteiger partial charge in [0.05, 0.1) is 16.7 Å². The summed E-state index contributed by atoms with van der Waals surface area (Å²) in [6.45, 7) is 0. The van der Waals surface area contributed by atoms with Crippen LogP contribution in [0.2, 0.25) is 0 Å². The second-order valence-electron chi connectivity index (χ2n) is 6.54. The lowest BCUT2D eigenvalue weighted by Gasteiger charge is -2.20. The van der Waals surface area contributed by atoms with Crippen LogP contribution in [0.15, 0.2) is 83.5 Å². The van der Waals surface area contributed by atoms with Crippen molar-refractivity contribution in [2.75, 3.05) is 5.32 Å². The molecule has 5 heteroatoms. The van der Waals surface area contributed by atoms with Gasteiger partial charge in [-0.1, -0.05) is 72.3 Å². The number of para-hydroxylation sites is 2. The maximum absolute atomic E-state index is 13.1. The zero-order valence-electron chi connectivity index (χ0n) is 14.6. The first-order chi connectivity index (χ1) is 13.6. The fourth-order valence-corrected chi connectivity index (χ4v) is 3.79. The van der Waals surface area contributed by atoms with E-state index >= 15 is 0 Å². The van der Waals surface area contributed by atoms with E-state index in [1.807, 2.05) is 48.5 Å². The van der Waals surface area contributed by atoms with Crippen molar-refractivity contribution < 1.29 is 9.59 Å². The molecule has 0 fully saturated rings. The molecule has 4 nitrogen and oxygen atoms in total. The molecule has 0 bridgehead atoms. The third-order valence-electron chi connectivity index (χ3n) is 4.90. The van der Waals surface area contributed by atoms with E-state index in [0.717, 1.165) is 21.8 Å². The van der Waals surface area contributed by atoms with Gasteiger partial charge < -0.3 is 5.32 Å². The van der Waals surface area contributed by atoms with Crippen LogP contribution in [0.25, 0.3) is 21.8 Å². The molecular weight excluding hydrogens is 372 g/mol. The zero-order valence-corrected chi connectivity index (χ0v) is 15.3. The second kappa shape index (κ2) is 6.29. The normalized spacial score (nSPS) is 13.9. The average molecular weight is 385 g/mol. The molecule has 0 saturated carbocycles. The van der Waals surface area contributed by atoms with Crippen LogP contribution in [0.4, 0.5) is 5.69 Å². The molecule has 4 aromatic rings. The van der Waals surface area contributed by atoms with Crippen molar-refractivity contribution in [1.29, 1.82) is 0 Å². The molecule has 0 amide bonds. The van der Waals surface area contributed by atoms with Crippen molar-refractivity contribution in [3.63, 3.8) is 0 Å². The van der Waals surface area contributed by atoms with E-state index < -0.39 is 0 Å². The molecule has 5 rings (SSSR count). The van der Waals surface area contributed by atoms with Gasteiger partial charge in [-0.25, -0.2) is 4.98 Å². The number of hydrogen-bond acceptors (Lipinski definition) is 4. The lowest BCUT2D eigenvalue weighted by atomic mass is 9.92. The van der Waals surface area contributed by atoms with Gasteiger partial charge in [0.25, 0.3) is 0 Å². The SMILES string of the molecule is O=C1C(Cl)=C(Nc2c3ccccc3nc3ccccc23)C(=O)c2ccccc21. The number of nitrogens with zero attached hydrogens (tertiary/aromatic N) is 1. The van der Waals surface area contributed by atoms with Crippen molar-refractivity contribution >= 4 is 50.7 Å². The van der Waals surface area contributed by atoms with Gasteiger partial charge in [0.1, 0.15) is 10.7 Å². The molecule has 1 heterocycles. The Morgan fingerprint density at radius 1 is 0.679 bits per heavy atom. The number of ketones is 2. The number of fused-ring (bicyclic) bond motifs is 3. The Kier molecular flexibility index (Phi) is 3.74. The number of carbonyl (C=O) groups excluding carboxylic acids is 2. The highest BCUT2D eigenvalue weighted by Gasteiger charge is 2.31. The van der Waals surface area contributed by atoms with E-state index in [1.165, 1.54) is 0 Å². The smallest absolute Gasteiger partial charge is 0.211 e. The highest BCUT2D eigenvalue weighted by atomic mass is 35.5. The van der Waals surface area contributed by atoms with Crippen molar-refractivity contribution in [2.24, 2.45) is 0 Å². The Morgan fingerprint density at radius 3 is 1.79 bits per heavy atom. The number of anilines is 1. The number of nitrogens with one attached hydrogen (secondary N) is 1. The largest absolute Gasteiger partial charge is 0.350 e. The van der Waals surface area contributed by atoms with Gasteiger partial charge in [-0.3, -0.25) is 9.59 Å². The molecule has 1 aromatic heterocycles. The average Bonchev–Trinajstić information content (AvgIpc) is 2.74. The molecule has 0 atom stereocenters. The molecule has 0 aliphatic heterocycles. The minimum absolute atomic E-state index is 0.0897. The predicted molar refractivity (Wildman–Crippen MR) is 111 cm³/mol. The third kappa shape index (κ3) is 2.42. The molecule has 28 heavy (non-hydrogen) atoms. The van der Waals surface area contributed by atoms with E-state index in [4.69, 9.17) is 11.6 Å². The Morgan fingerprint density at radius 2 is 1.18 bits per heavy atom. The standard InChI is InChI=1S/C23H13ClN2O2/c24-19-21(23(28)14-8-2-1-7-13(14)22(19)27)26-20-15-9-3-5-11-17(15)25-18-12-6-4-10-16(18)20/h1-12H,(H,25,26). The van der Waals surface area contributed by atoms with Gasteiger partial charge in [-0.2, -0.15) is 0 Å². The monoisotopic (exact) mass is 384 g/mol. The summed E-state index contributed by atoms with van der Waals surface area (Å²) in [5.41, 5.74) is 3.04. The lowest BCUT2D eigenvalue weighted by molar-refractivity contribution is 0.0982. The Balaban J connectivity index is 1.75. The summed E-state index contributed by atoms with van der Waals surface area (Å²) in [6, 6.07) is 22.0. The van der Waals surface area contributed by atoms with Crippen LogP contribution in [-0.2, 0) is 0 Å². The van der Waals surface area contributed by atoms with Gasteiger partial charge in [-0.05, 0) is 12.1 Å². The van der Waals surface area contributed by atoms with Crippen LogP contribution in [0.3, 0.4) is 0 Å². The van der Waals surface area contributed by atoms with Crippen LogP contribution in [0, 0.1) is 0 Å². The van der Waals surface area contributed by atoms with Gasteiger partial charge in [0, 0.05) is 21.9 Å². The zero-order chi connectivity index (χ0) is 19.3. The first-order valence-electron chi connectivity index (χ1n) is 8.78. The summed E-state index contributed by atoms with van der Waals surface area (Å²) < 4.78 is 0. The van der Waals surface area contributed by atoms with Crippen LogP contribution >= 0.6 is 11.6 Å². The topological polar surface area (TPSA) is 59.1 Å². The second-order valence-corrected chi connectivity index (χ2v) is 6.92. The van der Waals surface area contributed by atoms with Gasteiger partial charge in [0.15, 0.2) is 0 Å². The number of hydrogen-bond donors (Lipinski definition) is 1. The van der Waals surface area contributed by atoms with E-state index in [1.54, 1.807) is 24.3 Å². The number of carbonyl (C=O) groups is 2. The van der Waals surface area contributed by atoms with Gasteiger partial charge >= 0.3 is 0 Å². The lowest BCUT2D eigenvalue weighted by Crippen LogP contribution is -2.24. The van der Waals surface area contributed by atoms with Gasteiger partial charge in [0.2, 0.25) is 11.6 Å².